The van der Waals surface area contributed by atoms with Gasteiger partial charge in [-0.2, -0.15) is 0 Å². The van der Waals surface area contributed by atoms with Crippen LogP contribution in [0.4, 0.5) is 10.5 Å². The Morgan fingerprint density at radius 3 is 2.29 bits per heavy atom. The van der Waals surface area contributed by atoms with Crippen molar-refractivity contribution in [1.82, 2.24) is 10.2 Å². The number of likely N-dealkylation sites (tertiary alicyclic amines) is 1. The van der Waals surface area contributed by atoms with Crippen LogP contribution in [0.2, 0.25) is 20.1 Å². The number of hydrogen-bond donors (Lipinski definition) is 3. The summed E-state index contributed by atoms with van der Waals surface area (Å²) in [4.78, 5) is 14.7. The van der Waals surface area contributed by atoms with E-state index in [9.17, 15) is 9.90 Å². The Morgan fingerprint density at radius 2 is 1.63 bits per heavy atom. The van der Waals surface area contributed by atoms with Gasteiger partial charge in [0.05, 0.1) is 21.3 Å². The van der Waals surface area contributed by atoms with Gasteiger partial charge in [0.1, 0.15) is 12.4 Å². The molecule has 1 heterocycles. The van der Waals surface area contributed by atoms with Gasteiger partial charge in [-0.25, -0.2) is 4.79 Å². The van der Waals surface area contributed by atoms with Gasteiger partial charge in [-0.3, -0.25) is 4.90 Å². The lowest BCUT2D eigenvalue weighted by Crippen LogP contribution is -2.51. The zero-order valence-corrected chi connectivity index (χ0v) is 24.9. The third kappa shape index (κ3) is 8.15. The molecular weight excluding hydrogens is 636 g/mol. The molecule has 3 aromatic carbocycles. The summed E-state index contributed by atoms with van der Waals surface area (Å²) in [5, 5.41) is 17.9. The van der Waals surface area contributed by atoms with E-state index in [1.54, 1.807) is 0 Å². The number of ether oxygens (including phenoxy) is 1. The summed E-state index contributed by atoms with van der Waals surface area (Å²) in [6, 6.07) is 16.0. The maximum absolute atomic E-state index is 12.4. The van der Waals surface area contributed by atoms with Gasteiger partial charge in [-0.1, -0.05) is 74.5 Å². The molecule has 3 N–H and O–H groups in total. The van der Waals surface area contributed by atoms with Gasteiger partial charge in [-0.05, 0) is 60.9 Å². The maximum Gasteiger partial charge on any atom is 0.319 e. The van der Waals surface area contributed by atoms with Gasteiger partial charge >= 0.3 is 6.03 Å². The molecule has 0 bridgehead atoms. The first kappa shape index (κ1) is 29.3. The van der Waals surface area contributed by atoms with Gasteiger partial charge in [0.15, 0.2) is 0 Å². The topological polar surface area (TPSA) is 73.8 Å². The van der Waals surface area contributed by atoms with E-state index in [0.717, 1.165) is 21.3 Å². The predicted octanol–water partition coefficient (Wildman–Crippen LogP) is 7.79. The summed E-state index contributed by atoms with van der Waals surface area (Å²) < 4.78 is 7.09. The van der Waals surface area contributed by atoms with Crippen molar-refractivity contribution in [2.75, 3.05) is 25.0 Å². The van der Waals surface area contributed by atoms with Crippen LogP contribution in [-0.4, -0.2) is 41.3 Å². The summed E-state index contributed by atoms with van der Waals surface area (Å²) >= 11 is 27.7. The fraction of sp³-hybridized carbons (Fsp3) is 0.296. The maximum atomic E-state index is 12.4. The number of carbonyl (C=O) groups is 1. The van der Waals surface area contributed by atoms with Crippen molar-refractivity contribution in [3.8, 4) is 5.75 Å². The molecule has 1 aliphatic heterocycles. The van der Waals surface area contributed by atoms with Crippen LogP contribution in [0.15, 0.2) is 59.1 Å². The second kappa shape index (κ2) is 13.1. The standard InChI is InChI=1S/C27H26BrCl4N3O3/c28-19-3-6-24(38-15-17-1-4-20(29)5-2-17)18(11-19)14-35-9-7-27(37,8-10-35)16-33-26(36)34-25-22(31)12-21(30)13-23(25)32/h1-6,11-13,37H,7-10,14-16H2,(H2,33,34,36). The molecule has 4 rings (SSSR count). The van der Waals surface area contributed by atoms with Crippen LogP contribution < -0.4 is 15.4 Å². The van der Waals surface area contributed by atoms with E-state index in [1.165, 1.54) is 12.1 Å². The number of piperidine rings is 1. The van der Waals surface area contributed by atoms with Crippen molar-refractivity contribution in [2.24, 2.45) is 0 Å². The van der Waals surface area contributed by atoms with Gasteiger partial charge in [-0.15, -0.1) is 0 Å². The molecule has 11 heteroatoms. The molecule has 6 nitrogen and oxygen atoms in total. The first-order valence-corrected chi connectivity index (χ1v) is 14.2. The van der Waals surface area contributed by atoms with Crippen LogP contribution in [0.5, 0.6) is 5.75 Å². The molecule has 0 unspecified atom stereocenters. The molecule has 1 saturated heterocycles. The molecule has 0 radical (unpaired) electrons. The highest BCUT2D eigenvalue weighted by Crippen LogP contribution is 2.34. The number of urea groups is 1. The highest BCUT2D eigenvalue weighted by Gasteiger charge is 2.33. The van der Waals surface area contributed by atoms with E-state index in [-0.39, 0.29) is 22.3 Å². The van der Waals surface area contributed by atoms with Gasteiger partial charge in [0.25, 0.3) is 0 Å². The fourth-order valence-electron chi connectivity index (χ4n) is 4.16. The van der Waals surface area contributed by atoms with Crippen molar-refractivity contribution in [2.45, 2.75) is 31.6 Å². The zero-order valence-electron chi connectivity index (χ0n) is 20.2. The van der Waals surface area contributed by atoms with Crippen molar-refractivity contribution in [1.29, 1.82) is 0 Å². The number of anilines is 1. The molecule has 2 amide bonds. The number of benzene rings is 3. The number of amides is 2. The van der Waals surface area contributed by atoms with Crippen molar-refractivity contribution >= 4 is 74.1 Å². The molecule has 0 saturated carbocycles. The highest BCUT2D eigenvalue weighted by atomic mass is 79.9. The molecule has 1 fully saturated rings. The van der Waals surface area contributed by atoms with Crippen molar-refractivity contribution in [3.05, 3.63) is 90.3 Å². The molecule has 0 atom stereocenters. The fourth-order valence-corrected chi connectivity index (χ4v) is 5.61. The normalized spacial score (nSPS) is 15.2. The molecule has 202 valence electrons. The third-order valence-electron chi connectivity index (χ3n) is 6.33. The van der Waals surface area contributed by atoms with Crippen molar-refractivity contribution < 1.29 is 14.6 Å². The van der Waals surface area contributed by atoms with Crippen LogP contribution in [0.3, 0.4) is 0 Å². The Morgan fingerprint density at radius 1 is 0.974 bits per heavy atom. The molecule has 1 aliphatic rings. The van der Waals surface area contributed by atoms with Crippen LogP contribution in [0, 0.1) is 0 Å². The lowest BCUT2D eigenvalue weighted by atomic mass is 9.91. The predicted molar refractivity (Wildman–Crippen MR) is 158 cm³/mol. The average molecular weight is 662 g/mol. The first-order chi connectivity index (χ1) is 18.1. The van der Waals surface area contributed by atoms with E-state index in [2.05, 4.69) is 37.5 Å². The van der Waals surface area contributed by atoms with Gasteiger partial charge in [0, 0.05) is 46.3 Å². The van der Waals surface area contributed by atoms with E-state index in [4.69, 9.17) is 51.1 Å². The van der Waals surface area contributed by atoms with Crippen LogP contribution >= 0.6 is 62.3 Å². The monoisotopic (exact) mass is 659 g/mol. The first-order valence-electron chi connectivity index (χ1n) is 11.9. The number of halogens is 5. The number of carbonyl (C=O) groups excluding carboxylic acids is 1. The lowest BCUT2D eigenvalue weighted by Gasteiger charge is -2.38. The summed E-state index contributed by atoms with van der Waals surface area (Å²) in [6.07, 6.45) is 1.01. The van der Waals surface area contributed by atoms with Crippen LogP contribution in [0.1, 0.15) is 24.0 Å². The number of aliphatic hydroxyl groups is 1. The third-order valence-corrected chi connectivity index (χ3v) is 7.89. The largest absolute Gasteiger partial charge is 0.489 e. The molecule has 3 aromatic rings. The van der Waals surface area contributed by atoms with Gasteiger partial charge in [0.2, 0.25) is 0 Å². The second-order valence-corrected chi connectivity index (χ2v) is 11.8. The molecular formula is C27H26BrCl4N3O3. The molecule has 0 aromatic heterocycles. The Bertz CT molecular complexity index is 1260. The van der Waals surface area contributed by atoms with Crippen molar-refractivity contribution in [3.63, 3.8) is 0 Å². The summed E-state index contributed by atoms with van der Waals surface area (Å²) in [7, 11) is 0. The Labute approximate surface area is 250 Å². The Kier molecular flexibility index (Phi) is 10.1. The number of rotatable bonds is 8. The Hall–Kier alpha value is -1.71. The van der Waals surface area contributed by atoms with Crippen LogP contribution in [-0.2, 0) is 13.2 Å². The van der Waals surface area contributed by atoms with E-state index >= 15 is 0 Å². The minimum absolute atomic E-state index is 0.0990. The highest BCUT2D eigenvalue weighted by molar-refractivity contribution is 9.10. The second-order valence-electron chi connectivity index (χ2n) is 9.22. The number of hydrogen-bond acceptors (Lipinski definition) is 4. The minimum atomic E-state index is -1.02. The molecule has 0 spiro atoms. The lowest BCUT2D eigenvalue weighted by molar-refractivity contribution is -0.0196. The van der Waals surface area contributed by atoms with Gasteiger partial charge < -0.3 is 20.5 Å². The minimum Gasteiger partial charge on any atom is -0.489 e. The quantitative estimate of drug-likeness (QED) is 0.230. The molecule has 38 heavy (non-hydrogen) atoms. The van der Waals surface area contributed by atoms with E-state index in [1.807, 2.05) is 36.4 Å². The summed E-state index contributed by atoms with van der Waals surface area (Å²) in [5.41, 5.74) is 1.32. The van der Waals surface area contributed by atoms with E-state index < -0.39 is 11.6 Å². The summed E-state index contributed by atoms with van der Waals surface area (Å²) in [6.45, 7) is 2.54. The SMILES string of the molecule is O=C(NCC1(O)CCN(Cc2cc(Br)ccc2OCc2ccc(Cl)cc2)CC1)Nc1c(Cl)cc(Cl)cc1Cl. The molecule has 0 aliphatic carbocycles. The number of nitrogens with zero attached hydrogens (tertiary/aromatic N) is 1. The average Bonchev–Trinajstić information content (AvgIpc) is 2.87. The summed E-state index contributed by atoms with van der Waals surface area (Å²) in [5.74, 6) is 0.807. The zero-order chi connectivity index (χ0) is 27.3. The van der Waals surface area contributed by atoms with Crippen LogP contribution in [0.25, 0.3) is 0 Å². The Balaban J connectivity index is 1.29. The van der Waals surface area contributed by atoms with E-state index in [0.29, 0.717) is 49.1 Å². The number of nitrogens with one attached hydrogen (secondary N) is 2. The smallest absolute Gasteiger partial charge is 0.319 e.